The van der Waals surface area contributed by atoms with E-state index in [-0.39, 0.29) is 12.8 Å². The predicted octanol–water partition coefficient (Wildman–Crippen LogP) is 7.67. The smallest absolute Gasteiger partial charge is 0.462 e. The zero-order chi connectivity index (χ0) is 41.4. The van der Waals surface area contributed by atoms with E-state index in [9.17, 15) is 44.6 Å². The summed E-state index contributed by atoms with van der Waals surface area (Å²) in [4.78, 5) is 35.5. The Morgan fingerprint density at radius 1 is 0.554 bits per heavy atom. The van der Waals surface area contributed by atoms with Gasteiger partial charge in [-0.1, -0.05) is 141 Å². The minimum Gasteiger partial charge on any atom is -0.462 e. The Morgan fingerprint density at radius 3 is 1.48 bits per heavy atom. The van der Waals surface area contributed by atoms with Crippen LogP contribution in [0.2, 0.25) is 0 Å². The van der Waals surface area contributed by atoms with Crippen LogP contribution in [0.15, 0.2) is 24.3 Å². The summed E-state index contributed by atoms with van der Waals surface area (Å²) < 4.78 is 33.4. The molecule has 1 aliphatic carbocycles. The largest absolute Gasteiger partial charge is 0.472 e. The molecule has 13 nitrogen and oxygen atoms in total. The van der Waals surface area contributed by atoms with Crippen LogP contribution in [0.5, 0.6) is 0 Å². The first-order valence-electron chi connectivity index (χ1n) is 21.6. The van der Waals surface area contributed by atoms with Crippen molar-refractivity contribution in [3.8, 4) is 0 Å². The molecule has 0 aromatic heterocycles. The highest BCUT2D eigenvalue weighted by Crippen LogP contribution is 2.47. The maximum absolute atomic E-state index is 12.8. The van der Waals surface area contributed by atoms with Gasteiger partial charge in [0.05, 0.1) is 6.61 Å². The number of carbonyl (C=O) groups is 2. The van der Waals surface area contributed by atoms with Crippen molar-refractivity contribution in [1.82, 2.24) is 0 Å². The SMILES string of the molecule is CCCCC/C=C/C/C=C/CCCCCCCCCC(=O)O[C@H](COC(=O)CCCCCCCCCCCC)COP(=O)(O)OC1C(O)C(O)C(O)[C@H](O)C1O. The monoisotopic (exact) mass is 821 g/mol. The number of allylic oxidation sites excluding steroid dienone is 4. The quantitative estimate of drug-likeness (QED) is 0.0157. The second-order valence-electron chi connectivity index (χ2n) is 15.2. The lowest BCUT2D eigenvalue weighted by Gasteiger charge is -2.41. The summed E-state index contributed by atoms with van der Waals surface area (Å²) in [5.41, 5.74) is 0. The molecule has 0 radical (unpaired) electrons. The molecule has 1 saturated carbocycles. The van der Waals surface area contributed by atoms with Crippen LogP contribution in [0.3, 0.4) is 0 Å². The van der Waals surface area contributed by atoms with E-state index in [1.165, 1.54) is 57.8 Å². The van der Waals surface area contributed by atoms with E-state index >= 15 is 0 Å². The van der Waals surface area contributed by atoms with E-state index in [1.807, 2.05) is 0 Å². The van der Waals surface area contributed by atoms with Gasteiger partial charge in [0.15, 0.2) is 6.10 Å². The van der Waals surface area contributed by atoms with Crippen molar-refractivity contribution in [3.63, 3.8) is 0 Å². The number of phosphoric acid groups is 1. The summed E-state index contributed by atoms with van der Waals surface area (Å²) in [5.74, 6) is -1.11. The first-order valence-corrected chi connectivity index (χ1v) is 23.1. The Balaban J connectivity index is 2.48. The van der Waals surface area contributed by atoms with Gasteiger partial charge in [0.25, 0.3) is 0 Å². The standard InChI is InChI=1S/C42H77O13P/c1-3-5-7-9-11-13-15-16-17-18-19-20-21-23-25-27-29-31-36(44)54-34(32-52-35(43)30-28-26-24-22-14-12-10-8-6-4-2)33-53-56(50,51)55-42-40(48)38(46)37(45)39(47)41(42)49/h11,13,16-17,34,37-42,45-49H,3-10,12,14-15,18-33H2,1-2H3,(H,50,51)/b13-11+,17-16+/t34-,37?,38+,39?,40?,41?,42?/m1/s1. The average Bonchev–Trinajstić information content (AvgIpc) is 3.18. The number of aliphatic hydroxyl groups is 5. The number of ether oxygens (including phenoxy) is 2. The minimum absolute atomic E-state index is 0.0900. The van der Waals surface area contributed by atoms with Gasteiger partial charge in [0.1, 0.15) is 43.2 Å². The molecule has 0 amide bonds. The van der Waals surface area contributed by atoms with E-state index in [4.69, 9.17) is 18.5 Å². The molecule has 1 fully saturated rings. The highest BCUT2D eigenvalue weighted by molar-refractivity contribution is 7.47. The number of aliphatic hydroxyl groups excluding tert-OH is 5. The van der Waals surface area contributed by atoms with Gasteiger partial charge in [-0.3, -0.25) is 18.6 Å². The van der Waals surface area contributed by atoms with Crippen molar-refractivity contribution in [2.24, 2.45) is 0 Å². The molecule has 56 heavy (non-hydrogen) atoms. The van der Waals surface area contributed by atoms with Crippen molar-refractivity contribution in [3.05, 3.63) is 24.3 Å². The number of unbranched alkanes of at least 4 members (excludes halogenated alkanes) is 19. The fraction of sp³-hybridized carbons (Fsp3) is 0.857. The van der Waals surface area contributed by atoms with Gasteiger partial charge in [-0.05, 0) is 44.9 Å². The fourth-order valence-electron chi connectivity index (χ4n) is 6.49. The molecule has 0 saturated heterocycles. The third-order valence-corrected chi connectivity index (χ3v) is 11.0. The molecule has 0 aromatic carbocycles. The third kappa shape index (κ3) is 25.6. The van der Waals surface area contributed by atoms with Crippen molar-refractivity contribution >= 4 is 19.8 Å². The summed E-state index contributed by atoms with van der Waals surface area (Å²) in [5, 5.41) is 50.0. The molecule has 0 bridgehead atoms. The molecule has 6 N–H and O–H groups in total. The minimum atomic E-state index is -5.11. The summed E-state index contributed by atoms with van der Waals surface area (Å²) in [6, 6.07) is 0. The van der Waals surface area contributed by atoms with Gasteiger partial charge in [0, 0.05) is 12.8 Å². The Bertz CT molecular complexity index is 1090. The molecule has 0 aromatic rings. The predicted molar refractivity (Wildman–Crippen MR) is 217 cm³/mol. The summed E-state index contributed by atoms with van der Waals surface area (Å²) in [6.07, 6.45) is 21.0. The van der Waals surface area contributed by atoms with E-state index in [0.29, 0.717) is 12.8 Å². The third-order valence-electron chi connectivity index (χ3n) is 10.0. The zero-order valence-electron chi connectivity index (χ0n) is 34.4. The Hall–Kier alpha value is -1.67. The lowest BCUT2D eigenvalue weighted by atomic mass is 9.85. The first-order chi connectivity index (χ1) is 26.9. The van der Waals surface area contributed by atoms with Gasteiger partial charge in [-0.25, -0.2) is 4.57 Å². The summed E-state index contributed by atoms with van der Waals surface area (Å²) >= 11 is 0. The van der Waals surface area contributed by atoms with Gasteiger partial charge in [0.2, 0.25) is 0 Å². The number of esters is 2. The van der Waals surface area contributed by atoms with Crippen molar-refractivity contribution in [2.45, 2.75) is 217 Å². The first kappa shape index (κ1) is 52.3. The van der Waals surface area contributed by atoms with E-state index in [2.05, 4.69) is 38.2 Å². The Kier molecular flexibility index (Phi) is 31.0. The van der Waals surface area contributed by atoms with Crippen molar-refractivity contribution < 1.29 is 63.1 Å². The molecule has 0 spiro atoms. The number of hydrogen-bond donors (Lipinski definition) is 6. The van der Waals surface area contributed by atoms with Crippen LogP contribution < -0.4 is 0 Å². The van der Waals surface area contributed by atoms with Crippen LogP contribution in [-0.2, 0) is 32.7 Å². The maximum atomic E-state index is 12.8. The fourth-order valence-corrected chi connectivity index (χ4v) is 7.47. The van der Waals surface area contributed by atoms with Crippen molar-refractivity contribution in [2.75, 3.05) is 13.2 Å². The molecule has 8 atom stereocenters. The zero-order valence-corrected chi connectivity index (χ0v) is 35.3. The average molecular weight is 821 g/mol. The van der Waals surface area contributed by atoms with Crippen LogP contribution in [0, 0.1) is 0 Å². The van der Waals surface area contributed by atoms with Crippen LogP contribution in [0.1, 0.15) is 174 Å². The lowest BCUT2D eigenvalue weighted by Crippen LogP contribution is -2.64. The molecule has 328 valence electrons. The van der Waals surface area contributed by atoms with Crippen LogP contribution in [-0.4, -0.2) is 98.3 Å². The van der Waals surface area contributed by atoms with E-state index in [1.54, 1.807) is 0 Å². The van der Waals surface area contributed by atoms with Crippen LogP contribution >= 0.6 is 7.82 Å². The summed E-state index contributed by atoms with van der Waals surface area (Å²) in [7, 11) is -5.11. The molecule has 0 heterocycles. The molecule has 1 rings (SSSR count). The van der Waals surface area contributed by atoms with Gasteiger partial charge in [-0.2, -0.15) is 0 Å². The van der Waals surface area contributed by atoms with Gasteiger partial charge >= 0.3 is 19.8 Å². The van der Waals surface area contributed by atoms with Crippen LogP contribution in [0.4, 0.5) is 0 Å². The van der Waals surface area contributed by atoms with E-state index < -0.39 is 75.7 Å². The molecule has 14 heteroatoms. The van der Waals surface area contributed by atoms with Crippen LogP contribution in [0.25, 0.3) is 0 Å². The molecular formula is C42H77O13P. The Labute approximate surface area is 336 Å². The lowest BCUT2D eigenvalue weighted by molar-refractivity contribution is -0.220. The van der Waals surface area contributed by atoms with E-state index in [0.717, 1.165) is 77.0 Å². The molecular weight excluding hydrogens is 743 g/mol. The molecule has 1 aliphatic rings. The topological polar surface area (TPSA) is 210 Å². The highest BCUT2D eigenvalue weighted by Gasteiger charge is 2.51. The second-order valence-corrected chi connectivity index (χ2v) is 16.6. The number of hydrogen-bond acceptors (Lipinski definition) is 12. The highest BCUT2D eigenvalue weighted by atomic mass is 31.2. The number of rotatable bonds is 35. The van der Waals surface area contributed by atoms with Gasteiger partial charge < -0.3 is 39.9 Å². The number of carbonyl (C=O) groups excluding carboxylic acids is 2. The Morgan fingerprint density at radius 2 is 0.964 bits per heavy atom. The molecule has 0 aliphatic heterocycles. The van der Waals surface area contributed by atoms with Gasteiger partial charge in [-0.15, -0.1) is 0 Å². The normalized spacial score (nSPS) is 23.1. The van der Waals surface area contributed by atoms with Crippen molar-refractivity contribution in [1.29, 1.82) is 0 Å². The second kappa shape index (κ2) is 33.2. The summed E-state index contributed by atoms with van der Waals surface area (Å²) in [6.45, 7) is 3.24. The maximum Gasteiger partial charge on any atom is 0.472 e. The molecule has 6 unspecified atom stereocenters. The number of phosphoric ester groups is 1.